The molecule has 1 aliphatic rings. The minimum atomic E-state index is -2.20. The van der Waals surface area contributed by atoms with Gasteiger partial charge >= 0.3 is 35.8 Å². The number of primary amides is 1. The number of fused-ring (bicyclic) bond motifs is 1. The number of aromatic nitrogens is 1. The second-order valence-electron chi connectivity index (χ2n) is 24.1. The topological polar surface area (TPSA) is 646 Å². The summed E-state index contributed by atoms with van der Waals surface area (Å²) in [6, 6.07) is -12.0. The van der Waals surface area contributed by atoms with E-state index in [1.807, 2.05) is 0 Å². The summed E-state index contributed by atoms with van der Waals surface area (Å²) in [6.45, 7) is 2.50. The molecule has 0 saturated carbocycles. The number of thioether (sulfide) groups is 1. The van der Waals surface area contributed by atoms with Gasteiger partial charge < -0.3 is 111 Å². The van der Waals surface area contributed by atoms with E-state index >= 15 is 0 Å². The average Bonchev–Trinajstić information content (AvgIpc) is 1.65. The van der Waals surface area contributed by atoms with E-state index in [0.717, 1.165) is 4.90 Å². The Bertz CT molecular complexity index is 3370. The zero-order chi connectivity index (χ0) is 76.5. The van der Waals surface area contributed by atoms with E-state index in [2.05, 4.69) is 58.2 Å². The van der Waals surface area contributed by atoms with Crippen molar-refractivity contribution in [1.29, 1.82) is 0 Å². The van der Waals surface area contributed by atoms with Gasteiger partial charge in [-0.2, -0.15) is 11.8 Å². The fourth-order valence-corrected chi connectivity index (χ4v) is 11.0. The Hall–Kier alpha value is -10.5. The van der Waals surface area contributed by atoms with Crippen LogP contribution < -0.4 is 70.4 Å². The first-order valence-electron chi connectivity index (χ1n) is 32.5. The Morgan fingerprint density at radius 1 is 0.569 bits per heavy atom. The lowest BCUT2D eigenvalue weighted by atomic mass is 9.97. The third kappa shape index (κ3) is 29.4. The summed E-state index contributed by atoms with van der Waals surface area (Å²) in [5, 5.41) is 81.5. The van der Waals surface area contributed by atoms with Crippen LogP contribution in [0.3, 0.4) is 0 Å². The molecule has 23 N–H and O–H groups in total. The first kappa shape index (κ1) is 85.7. The van der Waals surface area contributed by atoms with E-state index in [9.17, 15) is 112 Å². The van der Waals surface area contributed by atoms with Crippen molar-refractivity contribution in [2.45, 2.75) is 189 Å². The van der Waals surface area contributed by atoms with Crippen molar-refractivity contribution < 1.29 is 117 Å². The van der Waals surface area contributed by atoms with E-state index in [-0.39, 0.29) is 70.2 Å². The average molecular weight is 1460 g/mol. The highest BCUT2D eigenvalue weighted by Gasteiger charge is 2.42. The van der Waals surface area contributed by atoms with Gasteiger partial charge in [-0.1, -0.05) is 38.5 Å². The van der Waals surface area contributed by atoms with Crippen LogP contribution in [0.1, 0.15) is 122 Å². The second kappa shape index (κ2) is 43.2. The molecule has 0 unspecified atom stereocenters. The Balaban J connectivity index is 2.00. The molecule has 2 heterocycles. The predicted molar refractivity (Wildman–Crippen MR) is 357 cm³/mol. The molecule has 0 radical (unpaired) electrons. The summed E-state index contributed by atoms with van der Waals surface area (Å²) < 4.78 is 0. The molecule has 0 aliphatic carbocycles. The van der Waals surface area contributed by atoms with Crippen LogP contribution in [0.5, 0.6) is 0 Å². The smallest absolute Gasteiger partial charge is 0.326 e. The first-order chi connectivity index (χ1) is 48.1. The van der Waals surface area contributed by atoms with Crippen molar-refractivity contribution in [3.05, 3.63) is 36.0 Å². The quantitative estimate of drug-likeness (QED) is 0.0276. The van der Waals surface area contributed by atoms with Crippen molar-refractivity contribution in [3.63, 3.8) is 0 Å². The highest BCUT2D eigenvalue weighted by molar-refractivity contribution is 7.98. The minimum Gasteiger partial charge on any atom is -0.481 e. The van der Waals surface area contributed by atoms with Crippen LogP contribution in [0.2, 0.25) is 0 Å². The van der Waals surface area contributed by atoms with Crippen LogP contribution in [0.15, 0.2) is 30.5 Å². The molecule has 1 fully saturated rings. The van der Waals surface area contributed by atoms with Gasteiger partial charge in [-0.05, 0) is 93.9 Å². The van der Waals surface area contributed by atoms with E-state index in [0.29, 0.717) is 16.5 Å². The van der Waals surface area contributed by atoms with Crippen LogP contribution in [0.25, 0.3) is 10.9 Å². The van der Waals surface area contributed by atoms with Crippen LogP contribution in [-0.2, 0) is 92.7 Å². The molecular formula is C62H91N15O24S. The highest BCUT2D eigenvalue weighted by Crippen LogP contribution is 2.23. The maximum Gasteiger partial charge on any atom is 0.326 e. The fourth-order valence-electron chi connectivity index (χ4n) is 10.6. The molecule has 102 heavy (non-hydrogen) atoms. The molecule has 0 spiro atoms. The zero-order valence-electron chi connectivity index (χ0n) is 56.3. The van der Waals surface area contributed by atoms with Gasteiger partial charge in [0.1, 0.15) is 60.4 Å². The van der Waals surface area contributed by atoms with Gasteiger partial charge in [0, 0.05) is 49.3 Å². The van der Waals surface area contributed by atoms with E-state index in [1.54, 1.807) is 44.4 Å². The second-order valence-corrected chi connectivity index (χ2v) is 25.1. The van der Waals surface area contributed by atoms with E-state index < -0.39 is 243 Å². The lowest BCUT2D eigenvalue weighted by Gasteiger charge is -2.31. The molecule has 12 atom stereocenters. The summed E-state index contributed by atoms with van der Waals surface area (Å²) >= 11 is 1.24. The molecule has 1 saturated heterocycles. The molecule has 39 nitrogen and oxygen atoms in total. The number of carbonyl (C=O) groups is 18. The number of amides is 12. The highest BCUT2D eigenvalue weighted by atomic mass is 32.2. The number of H-pyrrole nitrogens is 1. The number of benzene rings is 1. The van der Waals surface area contributed by atoms with E-state index in [1.165, 1.54) is 18.0 Å². The fraction of sp³-hybridized carbons (Fsp3) is 0.581. The normalized spacial score (nSPS) is 15.8. The largest absolute Gasteiger partial charge is 0.481 e. The molecule has 1 aliphatic heterocycles. The van der Waals surface area contributed by atoms with Crippen molar-refractivity contribution in [2.75, 3.05) is 31.6 Å². The zero-order valence-corrected chi connectivity index (χ0v) is 57.1. The molecular weight excluding hydrogens is 1370 g/mol. The number of likely N-dealkylation sites (tertiary alicyclic amines) is 1. The predicted octanol–water partition coefficient (Wildman–Crippen LogP) is -5.06. The molecule has 0 bridgehead atoms. The maximum atomic E-state index is 14.8. The molecule has 2 aromatic rings. The number of aliphatic carboxylic acids is 6. The number of aromatic amines is 1. The number of nitrogens with two attached hydrogens (primary N) is 3. The minimum absolute atomic E-state index is 0.0153. The molecule has 3 rings (SSSR count). The summed E-state index contributed by atoms with van der Waals surface area (Å²) in [7, 11) is 0. The monoisotopic (exact) mass is 1460 g/mol. The number of carboxylic acids is 6. The SMILES string of the molecule is CC[C@H](C)[C@H](NC(=O)CNC(=O)[C@@H](N)CC(=O)O)C(=O)N[C@@H](CCC(=O)O)C(=O)N1CCC[C@H]1C(=O)N[C@@H](CCSC)C(=O)N[C@@H](Cc1c[nH]c2ccccc12)C(=O)N[C@@H](CCC(=O)O)C(=O)N[C@@H](CC(=O)O)C(=O)N[C@@H](CCC(=O)O)C(=O)N[C@@H](CCCCN)C(=O)N[C@@H](CC(N)=O)C(=O)O. The number of nitrogens with zero attached hydrogens (tertiary/aromatic N) is 1. The third-order valence-electron chi connectivity index (χ3n) is 16.2. The van der Waals surface area contributed by atoms with Gasteiger partial charge in [0.15, 0.2) is 0 Å². The molecule has 1 aromatic carbocycles. The number of hydrogen-bond acceptors (Lipinski definition) is 21. The third-order valence-corrected chi connectivity index (χ3v) is 16.9. The van der Waals surface area contributed by atoms with Crippen molar-refractivity contribution in [1.82, 2.24) is 63.1 Å². The van der Waals surface area contributed by atoms with Gasteiger partial charge in [0.05, 0.1) is 31.8 Å². The molecule has 564 valence electrons. The van der Waals surface area contributed by atoms with Gasteiger partial charge in [-0.3, -0.25) is 81.5 Å². The lowest BCUT2D eigenvalue weighted by Crippen LogP contribution is -2.61. The number of carbonyl (C=O) groups excluding carboxylic acids is 12. The van der Waals surface area contributed by atoms with Crippen molar-refractivity contribution >= 4 is 129 Å². The molecule has 12 amide bonds. The Kier molecular flexibility index (Phi) is 36.3. The summed E-state index contributed by atoms with van der Waals surface area (Å²) in [6.07, 6.45) is -4.03. The summed E-state index contributed by atoms with van der Waals surface area (Å²) in [5.74, 6) is -22.9. The van der Waals surface area contributed by atoms with Gasteiger partial charge in [-0.25, -0.2) is 4.79 Å². The summed E-state index contributed by atoms with van der Waals surface area (Å²) in [4.78, 5) is 240. The lowest BCUT2D eigenvalue weighted by molar-refractivity contribution is -0.144. The number of para-hydroxylation sites is 1. The molecule has 40 heteroatoms. The van der Waals surface area contributed by atoms with Gasteiger partial charge in [0.25, 0.3) is 0 Å². The van der Waals surface area contributed by atoms with Crippen LogP contribution in [0, 0.1) is 5.92 Å². The maximum absolute atomic E-state index is 14.8. The number of unbranched alkanes of at least 4 members (excludes halogenated alkanes) is 1. The van der Waals surface area contributed by atoms with Crippen LogP contribution in [0.4, 0.5) is 0 Å². The Morgan fingerprint density at radius 2 is 1.06 bits per heavy atom. The van der Waals surface area contributed by atoms with Gasteiger partial charge in [-0.15, -0.1) is 0 Å². The Morgan fingerprint density at radius 3 is 1.58 bits per heavy atom. The van der Waals surface area contributed by atoms with Gasteiger partial charge in [0.2, 0.25) is 70.9 Å². The standard InChI is InChI=1S/C62H91N15O24S/c1-4-30(2)51(76-45(79)29-67-52(90)33(64)25-49(86)87)60(98)72-39(16-19-48(84)85)61(99)77-22-9-13-43(77)59(97)71-38(20-23-102-3)56(94)73-40(24-31-28-66-34-11-6-5-10-32(31)34)57(95)69-37(15-18-47(82)83)55(93)74-41(27-50(88)89)58(96)70-36(14-17-46(80)81)54(92)68-35(12-7-8-21-63)53(91)75-42(62(100)101)26-44(65)78/h5-6,10-11,28,30,33,35-43,51,66H,4,7-9,12-27,29,63-64H2,1-3H3,(H2,65,78)(H,67,90)(H,68,92)(H,69,95)(H,70,96)(H,71,97)(H,72,98)(H,73,94)(H,74,93)(H,75,91)(H,76,79)(H,80,81)(H,82,83)(H,84,85)(H,86,87)(H,88,89)(H,100,101)/t30-,33-,35-,36-,37-,38-,39-,40-,41-,42-,43-,51-/m0/s1. The Labute approximate surface area is 587 Å². The van der Waals surface area contributed by atoms with Crippen LogP contribution in [-0.4, -0.2) is 245 Å². The number of nitrogens with one attached hydrogen (secondary N) is 11. The number of rotatable bonds is 48. The summed E-state index contributed by atoms with van der Waals surface area (Å²) in [5.41, 5.74) is 17.3. The first-order valence-corrected chi connectivity index (χ1v) is 33.9. The van der Waals surface area contributed by atoms with Crippen molar-refractivity contribution in [3.8, 4) is 0 Å². The van der Waals surface area contributed by atoms with Crippen LogP contribution >= 0.6 is 11.8 Å². The van der Waals surface area contributed by atoms with Crippen molar-refractivity contribution in [2.24, 2.45) is 23.1 Å². The van der Waals surface area contributed by atoms with E-state index in [4.69, 9.17) is 22.3 Å². The number of hydrogen-bond donors (Lipinski definition) is 20. The molecule has 1 aromatic heterocycles. The number of carboxylic acid groups (broad SMARTS) is 6.